The van der Waals surface area contributed by atoms with Crippen LogP contribution in [0, 0.1) is 0 Å². The average Bonchev–Trinajstić information content (AvgIpc) is 2.38. The maximum atomic E-state index is 12.2. The maximum Gasteiger partial charge on any atom is 0.401 e. The van der Waals surface area contributed by atoms with Crippen molar-refractivity contribution in [3.8, 4) is 0 Å². The molecule has 2 heterocycles. The first-order valence-electron chi connectivity index (χ1n) is 5.93. The van der Waals surface area contributed by atoms with Gasteiger partial charge in [-0.3, -0.25) is 9.69 Å². The Hall–Kier alpha value is -1.63. The molecule has 1 aromatic rings. The minimum Gasteiger partial charge on any atom is -0.354 e. The van der Waals surface area contributed by atoms with Crippen LogP contribution in [0.1, 0.15) is 10.4 Å². The molecule has 0 unspecified atom stereocenters. The van der Waals surface area contributed by atoms with Crippen molar-refractivity contribution in [1.82, 2.24) is 9.88 Å². The number of anilines is 1. The fourth-order valence-corrected chi connectivity index (χ4v) is 2.04. The molecule has 0 bridgehead atoms. The molecule has 7 heteroatoms. The highest BCUT2D eigenvalue weighted by atomic mass is 19.4. The second kappa shape index (κ2) is 5.56. The molecule has 19 heavy (non-hydrogen) atoms. The van der Waals surface area contributed by atoms with Crippen LogP contribution in [0.4, 0.5) is 19.0 Å². The van der Waals surface area contributed by atoms with Crippen LogP contribution in [0.15, 0.2) is 18.3 Å². The Morgan fingerprint density at radius 1 is 1.21 bits per heavy atom. The van der Waals surface area contributed by atoms with Crippen molar-refractivity contribution in [3.05, 3.63) is 23.9 Å². The van der Waals surface area contributed by atoms with Gasteiger partial charge in [-0.15, -0.1) is 0 Å². The number of alkyl halides is 3. The summed E-state index contributed by atoms with van der Waals surface area (Å²) in [6.07, 6.45) is -1.98. The molecule has 1 aliphatic rings. The highest BCUT2D eigenvalue weighted by Crippen LogP contribution is 2.19. The molecule has 0 radical (unpaired) electrons. The van der Waals surface area contributed by atoms with Gasteiger partial charge in [-0.2, -0.15) is 13.2 Å². The molecule has 0 saturated carbocycles. The van der Waals surface area contributed by atoms with Crippen LogP contribution < -0.4 is 4.90 Å². The lowest BCUT2D eigenvalue weighted by Crippen LogP contribution is -2.49. The molecule has 0 N–H and O–H groups in total. The zero-order chi connectivity index (χ0) is 13.9. The van der Waals surface area contributed by atoms with Crippen LogP contribution in [0.5, 0.6) is 0 Å². The van der Waals surface area contributed by atoms with Crippen LogP contribution >= 0.6 is 0 Å². The molecule has 1 aliphatic heterocycles. The molecule has 4 nitrogen and oxygen atoms in total. The third-order valence-corrected chi connectivity index (χ3v) is 3.01. The van der Waals surface area contributed by atoms with Gasteiger partial charge in [0.2, 0.25) is 0 Å². The van der Waals surface area contributed by atoms with Gasteiger partial charge < -0.3 is 4.90 Å². The molecule has 104 valence electrons. The van der Waals surface area contributed by atoms with E-state index in [0.717, 1.165) is 0 Å². The Balaban J connectivity index is 1.90. The molecular weight excluding hydrogens is 259 g/mol. The summed E-state index contributed by atoms with van der Waals surface area (Å²) in [5.41, 5.74) is 0.486. The monoisotopic (exact) mass is 273 g/mol. The van der Waals surface area contributed by atoms with Gasteiger partial charge in [0, 0.05) is 37.9 Å². The average molecular weight is 273 g/mol. The molecule has 0 amide bonds. The topological polar surface area (TPSA) is 36.4 Å². The van der Waals surface area contributed by atoms with Crippen molar-refractivity contribution in [2.75, 3.05) is 37.6 Å². The number of aldehydes is 1. The van der Waals surface area contributed by atoms with Crippen molar-refractivity contribution >= 4 is 12.1 Å². The maximum absolute atomic E-state index is 12.2. The highest BCUT2D eigenvalue weighted by molar-refractivity contribution is 5.74. The predicted molar refractivity (Wildman–Crippen MR) is 64.3 cm³/mol. The lowest BCUT2D eigenvalue weighted by Gasteiger charge is -2.35. The first kappa shape index (κ1) is 13.8. The summed E-state index contributed by atoms with van der Waals surface area (Å²) in [6, 6.07) is 3.36. The van der Waals surface area contributed by atoms with Gasteiger partial charge >= 0.3 is 6.18 Å². The first-order valence-corrected chi connectivity index (χ1v) is 5.93. The summed E-state index contributed by atoms with van der Waals surface area (Å²) in [7, 11) is 0. The van der Waals surface area contributed by atoms with Crippen molar-refractivity contribution in [1.29, 1.82) is 0 Å². The van der Waals surface area contributed by atoms with Gasteiger partial charge in [0.1, 0.15) is 5.82 Å². The normalized spacial score (nSPS) is 17.5. The van der Waals surface area contributed by atoms with E-state index in [1.165, 1.54) is 11.1 Å². The third-order valence-electron chi connectivity index (χ3n) is 3.01. The lowest BCUT2D eigenvalue weighted by atomic mass is 10.2. The van der Waals surface area contributed by atoms with Crippen LogP contribution in [0.25, 0.3) is 0 Å². The Morgan fingerprint density at radius 2 is 1.89 bits per heavy atom. The zero-order valence-corrected chi connectivity index (χ0v) is 10.2. The molecule has 0 aliphatic carbocycles. The van der Waals surface area contributed by atoms with Gasteiger partial charge in [-0.25, -0.2) is 4.98 Å². The van der Waals surface area contributed by atoms with Crippen LogP contribution in [-0.2, 0) is 0 Å². The number of nitrogens with zero attached hydrogens (tertiary/aromatic N) is 3. The zero-order valence-electron chi connectivity index (χ0n) is 10.2. The summed E-state index contributed by atoms with van der Waals surface area (Å²) >= 11 is 0. The van der Waals surface area contributed by atoms with Crippen molar-refractivity contribution < 1.29 is 18.0 Å². The fraction of sp³-hybridized carbons (Fsp3) is 0.500. The number of carbonyl (C=O) groups is 1. The standard InChI is InChI=1S/C12H14F3N3O/c13-12(14,15)9-17-3-5-18(6-4-17)11-2-1-10(8-19)7-16-11/h1-2,7-8H,3-6,9H2. The Morgan fingerprint density at radius 3 is 2.37 bits per heavy atom. The minimum atomic E-state index is -4.15. The number of pyridine rings is 1. The minimum absolute atomic E-state index is 0.358. The van der Waals surface area contributed by atoms with Crippen LogP contribution in [0.2, 0.25) is 0 Å². The van der Waals surface area contributed by atoms with E-state index in [-0.39, 0.29) is 0 Å². The number of piperazine rings is 1. The first-order chi connectivity index (χ1) is 8.98. The Kier molecular flexibility index (Phi) is 4.04. The molecule has 0 aromatic carbocycles. The summed E-state index contributed by atoms with van der Waals surface area (Å²) in [6.45, 7) is 0.860. The number of aromatic nitrogens is 1. The summed E-state index contributed by atoms with van der Waals surface area (Å²) in [5.74, 6) is 0.692. The van der Waals surface area contributed by atoms with Gasteiger partial charge in [-0.05, 0) is 12.1 Å². The second-order valence-corrected chi connectivity index (χ2v) is 4.45. The van der Waals surface area contributed by atoms with Gasteiger partial charge in [-0.1, -0.05) is 0 Å². The molecule has 1 aromatic heterocycles. The molecule has 0 spiro atoms. The number of rotatable bonds is 3. The van der Waals surface area contributed by atoms with Crippen molar-refractivity contribution in [2.45, 2.75) is 6.18 Å². The van der Waals surface area contributed by atoms with E-state index in [1.807, 2.05) is 4.90 Å². The largest absolute Gasteiger partial charge is 0.401 e. The Labute approximate surface area is 108 Å². The number of hydrogen-bond donors (Lipinski definition) is 0. The van der Waals surface area contributed by atoms with E-state index in [0.29, 0.717) is 43.8 Å². The molecule has 2 rings (SSSR count). The van der Waals surface area contributed by atoms with Crippen molar-refractivity contribution in [3.63, 3.8) is 0 Å². The van der Waals surface area contributed by atoms with E-state index in [4.69, 9.17) is 0 Å². The van der Waals surface area contributed by atoms with E-state index in [2.05, 4.69) is 4.98 Å². The van der Waals surface area contributed by atoms with E-state index in [9.17, 15) is 18.0 Å². The van der Waals surface area contributed by atoms with E-state index < -0.39 is 12.7 Å². The quantitative estimate of drug-likeness (QED) is 0.783. The van der Waals surface area contributed by atoms with E-state index >= 15 is 0 Å². The molecule has 1 saturated heterocycles. The SMILES string of the molecule is O=Cc1ccc(N2CCN(CC(F)(F)F)CC2)nc1. The lowest BCUT2D eigenvalue weighted by molar-refractivity contribution is -0.146. The Bertz CT molecular complexity index is 425. The van der Waals surface area contributed by atoms with Crippen LogP contribution in [0.3, 0.4) is 0 Å². The fourth-order valence-electron chi connectivity index (χ4n) is 2.04. The smallest absolute Gasteiger partial charge is 0.354 e. The third kappa shape index (κ3) is 3.92. The summed E-state index contributed by atoms with van der Waals surface area (Å²) in [5, 5.41) is 0. The van der Waals surface area contributed by atoms with Gasteiger partial charge in [0.05, 0.1) is 6.54 Å². The number of hydrogen-bond acceptors (Lipinski definition) is 4. The number of carbonyl (C=O) groups excluding carboxylic acids is 1. The summed E-state index contributed by atoms with van der Waals surface area (Å²) in [4.78, 5) is 17.9. The van der Waals surface area contributed by atoms with Gasteiger partial charge in [0.25, 0.3) is 0 Å². The molecule has 0 atom stereocenters. The van der Waals surface area contributed by atoms with Crippen molar-refractivity contribution in [2.24, 2.45) is 0 Å². The van der Waals surface area contributed by atoms with Crippen LogP contribution in [-0.4, -0.2) is 55.1 Å². The second-order valence-electron chi connectivity index (χ2n) is 4.45. The highest BCUT2D eigenvalue weighted by Gasteiger charge is 2.32. The van der Waals surface area contributed by atoms with E-state index in [1.54, 1.807) is 12.1 Å². The predicted octanol–water partition coefficient (Wildman–Crippen LogP) is 1.58. The van der Waals surface area contributed by atoms with Gasteiger partial charge in [0.15, 0.2) is 6.29 Å². The molecular formula is C12H14F3N3O. The molecule has 1 fully saturated rings. The summed E-state index contributed by atoms with van der Waals surface area (Å²) < 4.78 is 36.7. The number of halogens is 3.